The lowest BCUT2D eigenvalue weighted by Gasteiger charge is -2.25. The lowest BCUT2D eigenvalue weighted by molar-refractivity contribution is -0.130. The van der Waals surface area contributed by atoms with E-state index in [0.29, 0.717) is 30.5 Å². The van der Waals surface area contributed by atoms with E-state index in [9.17, 15) is 14.4 Å². The average molecular weight is 462 g/mol. The van der Waals surface area contributed by atoms with E-state index in [1.165, 1.54) is 17.9 Å². The smallest absolute Gasteiger partial charge is 0.331 e. The third-order valence-electron chi connectivity index (χ3n) is 5.90. The van der Waals surface area contributed by atoms with Gasteiger partial charge < -0.3 is 13.7 Å². The summed E-state index contributed by atoms with van der Waals surface area (Å²) in [4.78, 5) is 38.4. The number of hydrogen-bond acceptors (Lipinski definition) is 5. The van der Waals surface area contributed by atoms with Gasteiger partial charge in [0.15, 0.2) is 0 Å². The quantitative estimate of drug-likeness (QED) is 0.378. The van der Waals surface area contributed by atoms with Crippen LogP contribution in [-0.2, 0) is 22.7 Å². The summed E-state index contributed by atoms with van der Waals surface area (Å²) in [7, 11) is 0. The summed E-state index contributed by atoms with van der Waals surface area (Å²) in [5.74, 6) is 0.337. The molecule has 8 heteroatoms. The Morgan fingerprint density at radius 2 is 1.88 bits per heavy atom. The number of urea groups is 1. The van der Waals surface area contributed by atoms with Gasteiger partial charge in [-0.1, -0.05) is 26.0 Å². The molecule has 1 aromatic carbocycles. The molecule has 1 saturated heterocycles. The van der Waals surface area contributed by atoms with E-state index in [4.69, 9.17) is 9.15 Å². The van der Waals surface area contributed by atoms with Crippen molar-refractivity contribution < 1.29 is 23.5 Å². The molecule has 3 aromatic rings. The second-order valence-electron chi connectivity index (χ2n) is 8.14. The van der Waals surface area contributed by atoms with Crippen LogP contribution in [0.1, 0.15) is 43.2 Å². The van der Waals surface area contributed by atoms with Crippen molar-refractivity contribution in [3.05, 3.63) is 83.6 Å². The summed E-state index contributed by atoms with van der Waals surface area (Å²) in [5, 5.41) is 2.22. The number of rotatable bonds is 9. The lowest BCUT2D eigenvalue weighted by Crippen LogP contribution is -2.53. The first-order valence-corrected chi connectivity index (χ1v) is 11.3. The second kappa shape index (κ2) is 10.2. The number of nitrogens with one attached hydrogen (secondary N) is 1. The third-order valence-corrected chi connectivity index (χ3v) is 5.90. The van der Waals surface area contributed by atoms with Crippen molar-refractivity contribution in [3.8, 4) is 5.75 Å². The van der Waals surface area contributed by atoms with Gasteiger partial charge in [-0.3, -0.25) is 19.8 Å². The van der Waals surface area contributed by atoms with Crippen LogP contribution in [0.4, 0.5) is 4.79 Å². The summed E-state index contributed by atoms with van der Waals surface area (Å²) in [5.41, 5.74) is 1.82. The van der Waals surface area contributed by atoms with Crippen LogP contribution in [-0.4, -0.2) is 33.9 Å². The predicted octanol–water partition coefficient (Wildman–Crippen LogP) is 4.34. The zero-order valence-corrected chi connectivity index (χ0v) is 19.2. The first-order valence-electron chi connectivity index (χ1n) is 11.3. The number of carbonyl (C=O) groups excluding carboxylic acids is 3. The zero-order chi connectivity index (χ0) is 24.1. The Kier molecular flexibility index (Phi) is 6.96. The van der Waals surface area contributed by atoms with E-state index >= 15 is 0 Å². The molecule has 1 atom stereocenters. The lowest BCUT2D eigenvalue weighted by atomic mass is 9.99. The van der Waals surface area contributed by atoms with Crippen LogP contribution in [0.5, 0.6) is 5.75 Å². The normalized spacial score (nSPS) is 16.1. The minimum Gasteiger partial charge on any atom is -0.492 e. The molecule has 0 radical (unpaired) electrons. The summed E-state index contributed by atoms with van der Waals surface area (Å²) >= 11 is 0. The van der Waals surface area contributed by atoms with E-state index in [0.717, 1.165) is 17.1 Å². The molecule has 1 aliphatic heterocycles. The van der Waals surface area contributed by atoms with Gasteiger partial charge >= 0.3 is 6.03 Å². The van der Waals surface area contributed by atoms with Gasteiger partial charge in [0.05, 0.1) is 19.4 Å². The maximum absolute atomic E-state index is 12.9. The van der Waals surface area contributed by atoms with Gasteiger partial charge in [-0.2, -0.15) is 0 Å². The monoisotopic (exact) mass is 461 g/mol. The molecule has 1 unspecified atom stereocenters. The SMILES string of the molecule is CCC(C)c1ccc(OCCn2cccc2C=C2C(=O)NC(=O)N(Cc3ccco3)C2=O)cc1. The van der Waals surface area contributed by atoms with E-state index < -0.39 is 17.8 Å². The number of furan rings is 1. The van der Waals surface area contributed by atoms with Crippen LogP contribution >= 0.6 is 0 Å². The highest BCUT2D eigenvalue weighted by Crippen LogP contribution is 2.22. The summed E-state index contributed by atoms with van der Waals surface area (Å²) in [6, 6.07) is 14.3. The van der Waals surface area contributed by atoms with Gasteiger partial charge in [0.25, 0.3) is 11.8 Å². The number of aromatic nitrogens is 1. The molecule has 1 aliphatic rings. The van der Waals surface area contributed by atoms with Crippen molar-refractivity contribution in [1.82, 2.24) is 14.8 Å². The standard InChI is InChI=1S/C26H27N3O5/c1-3-18(2)19-8-10-21(11-9-19)34-15-13-28-12-4-6-20(28)16-23-24(30)27-26(32)29(25(23)31)17-22-7-5-14-33-22/h4-12,14,16,18H,3,13,15,17H2,1-2H3,(H,27,30,32). The first kappa shape index (κ1) is 23.1. The molecule has 4 rings (SSSR count). The van der Waals surface area contributed by atoms with Crippen LogP contribution in [0.2, 0.25) is 0 Å². The van der Waals surface area contributed by atoms with E-state index in [2.05, 4.69) is 31.3 Å². The highest BCUT2D eigenvalue weighted by Gasteiger charge is 2.36. The Morgan fingerprint density at radius 1 is 1.09 bits per heavy atom. The Bertz CT molecular complexity index is 1190. The van der Waals surface area contributed by atoms with Crippen LogP contribution in [0.3, 0.4) is 0 Å². The molecule has 4 amide bonds. The third kappa shape index (κ3) is 5.11. The second-order valence-corrected chi connectivity index (χ2v) is 8.14. The molecule has 3 heterocycles. The Hall–Kier alpha value is -4.07. The van der Waals surface area contributed by atoms with Crippen LogP contribution in [0, 0.1) is 0 Å². The van der Waals surface area contributed by atoms with Gasteiger partial charge in [-0.15, -0.1) is 0 Å². The minimum atomic E-state index is -0.772. The van der Waals surface area contributed by atoms with Crippen molar-refractivity contribution in [2.24, 2.45) is 0 Å². The maximum atomic E-state index is 12.9. The molecule has 8 nitrogen and oxygen atoms in total. The molecule has 1 fully saturated rings. The van der Waals surface area contributed by atoms with Crippen LogP contribution in [0.25, 0.3) is 6.08 Å². The number of amides is 4. The van der Waals surface area contributed by atoms with Crippen molar-refractivity contribution in [3.63, 3.8) is 0 Å². The van der Waals surface area contributed by atoms with Gasteiger partial charge in [0.1, 0.15) is 23.7 Å². The molecule has 0 aliphatic carbocycles. The minimum absolute atomic E-state index is 0.0625. The molecular formula is C26H27N3O5. The Morgan fingerprint density at radius 3 is 2.59 bits per heavy atom. The number of imide groups is 2. The fraction of sp³-hybridized carbons (Fsp3) is 0.269. The molecule has 1 N–H and O–H groups in total. The molecular weight excluding hydrogens is 434 g/mol. The molecule has 176 valence electrons. The van der Waals surface area contributed by atoms with Crippen molar-refractivity contribution >= 4 is 23.9 Å². The van der Waals surface area contributed by atoms with Gasteiger partial charge in [0.2, 0.25) is 0 Å². The van der Waals surface area contributed by atoms with E-state index in [1.807, 2.05) is 29.0 Å². The topological polar surface area (TPSA) is 93.8 Å². The van der Waals surface area contributed by atoms with E-state index in [-0.39, 0.29) is 12.1 Å². The highest BCUT2D eigenvalue weighted by atomic mass is 16.5. The molecule has 0 bridgehead atoms. The fourth-order valence-electron chi connectivity index (χ4n) is 3.70. The number of benzene rings is 1. The summed E-state index contributed by atoms with van der Waals surface area (Å²) in [6.45, 7) is 5.23. The highest BCUT2D eigenvalue weighted by molar-refractivity contribution is 6.30. The van der Waals surface area contributed by atoms with Crippen molar-refractivity contribution in [2.45, 2.75) is 39.3 Å². The predicted molar refractivity (Wildman–Crippen MR) is 126 cm³/mol. The van der Waals surface area contributed by atoms with Crippen LogP contribution in [0.15, 0.2) is 71.0 Å². The zero-order valence-electron chi connectivity index (χ0n) is 19.2. The summed E-state index contributed by atoms with van der Waals surface area (Å²) in [6.07, 6.45) is 5.87. The summed E-state index contributed by atoms with van der Waals surface area (Å²) < 4.78 is 13.0. The molecule has 0 saturated carbocycles. The number of hydrogen-bond donors (Lipinski definition) is 1. The van der Waals surface area contributed by atoms with Gasteiger partial charge in [-0.25, -0.2) is 4.79 Å². The van der Waals surface area contributed by atoms with Crippen LogP contribution < -0.4 is 10.1 Å². The van der Waals surface area contributed by atoms with Crippen molar-refractivity contribution in [2.75, 3.05) is 6.61 Å². The number of nitrogens with zero attached hydrogens (tertiary/aromatic N) is 2. The molecule has 0 spiro atoms. The largest absolute Gasteiger partial charge is 0.492 e. The molecule has 2 aromatic heterocycles. The fourth-order valence-corrected chi connectivity index (χ4v) is 3.70. The maximum Gasteiger partial charge on any atom is 0.331 e. The van der Waals surface area contributed by atoms with Gasteiger partial charge in [0, 0.05) is 11.9 Å². The van der Waals surface area contributed by atoms with Crippen molar-refractivity contribution in [1.29, 1.82) is 0 Å². The van der Waals surface area contributed by atoms with E-state index in [1.54, 1.807) is 18.2 Å². The average Bonchev–Trinajstić information content (AvgIpc) is 3.51. The number of ether oxygens (including phenoxy) is 1. The number of carbonyl (C=O) groups is 3. The molecule has 34 heavy (non-hydrogen) atoms. The Labute approximate surface area is 197 Å². The Balaban J connectivity index is 1.42. The van der Waals surface area contributed by atoms with Gasteiger partial charge in [-0.05, 0) is 60.4 Å². The number of barbiturate groups is 1. The first-order chi connectivity index (χ1) is 16.5.